The Morgan fingerprint density at radius 1 is 0.829 bits per heavy atom. The number of aliphatic hydroxyl groups excluding tert-OH is 1. The Morgan fingerprint density at radius 2 is 1.37 bits per heavy atom. The number of carboxylic acid groups (broad SMARTS) is 2. The minimum absolute atomic E-state index is 0.0878. The summed E-state index contributed by atoms with van der Waals surface area (Å²) in [4.78, 5) is 71.5. The van der Waals surface area contributed by atoms with Gasteiger partial charge in [-0.25, -0.2) is 4.79 Å². The van der Waals surface area contributed by atoms with Gasteiger partial charge in [-0.1, -0.05) is 30.3 Å². The molecule has 0 saturated carbocycles. The van der Waals surface area contributed by atoms with Gasteiger partial charge in [-0.3, -0.25) is 24.0 Å². The van der Waals surface area contributed by atoms with Crippen molar-refractivity contribution in [2.75, 3.05) is 6.61 Å². The molecular formula is C21H29N5O9. The molecule has 4 atom stereocenters. The van der Waals surface area contributed by atoms with E-state index in [9.17, 15) is 33.9 Å². The average molecular weight is 495 g/mol. The second kappa shape index (κ2) is 14.3. The molecule has 35 heavy (non-hydrogen) atoms. The van der Waals surface area contributed by atoms with Gasteiger partial charge in [-0.2, -0.15) is 0 Å². The average Bonchev–Trinajstić information content (AvgIpc) is 2.80. The Labute approximate surface area is 200 Å². The van der Waals surface area contributed by atoms with Crippen molar-refractivity contribution in [1.82, 2.24) is 16.0 Å². The monoisotopic (exact) mass is 495 g/mol. The van der Waals surface area contributed by atoms with Crippen molar-refractivity contribution in [2.24, 2.45) is 11.5 Å². The van der Waals surface area contributed by atoms with Crippen LogP contribution in [0.4, 0.5) is 0 Å². The molecule has 0 heterocycles. The van der Waals surface area contributed by atoms with E-state index in [1.165, 1.54) is 0 Å². The van der Waals surface area contributed by atoms with E-state index in [0.29, 0.717) is 5.56 Å². The van der Waals surface area contributed by atoms with E-state index in [0.717, 1.165) is 0 Å². The summed E-state index contributed by atoms with van der Waals surface area (Å²) in [5, 5.41) is 34.0. The standard InChI is InChI=1S/C21H29N5O9/c22-12(10-27)18(31)24-13(6-7-17(29)30)19(32)25-14(9-16(23)28)20(33)26-15(21(34)35)8-11-4-2-1-3-5-11/h1-5,12-15,27H,6-10,22H2,(H2,23,28)(H,24,31)(H,25,32)(H,26,33)(H,29,30)(H,34,35). The number of primary amides is 1. The van der Waals surface area contributed by atoms with Crippen LogP contribution >= 0.6 is 0 Å². The summed E-state index contributed by atoms with van der Waals surface area (Å²) >= 11 is 0. The fraction of sp³-hybridized carbons (Fsp3) is 0.429. The van der Waals surface area contributed by atoms with Crippen LogP contribution < -0.4 is 27.4 Å². The number of carbonyl (C=O) groups is 6. The van der Waals surface area contributed by atoms with E-state index in [-0.39, 0.29) is 6.42 Å². The number of amides is 4. The number of benzene rings is 1. The van der Waals surface area contributed by atoms with E-state index in [2.05, 4.69) is 16.0 Å². The van der Waals surface area contributed by atoms with Gasteiger partial charge in [0, 0.05) is 12.8 Å². The molecule has 0 bridgehead atoms. The van der Waals surface area contributed by atoms with Gasteiger partial charge < -0.3 is 42.7 Å². The van der Waals surface area contributed by atoms with Crippen LogP contribution in [-0.2, 0) is 35.2 Å². The first-order valence-electron chi connectivity index (χ1n) is 10.5. The zero-order valence-corrected chi connectivity index (χ0v) is 18.7. The van der Waals surface area contributed by atoms with Crippen LogP contribution in [0.15, 0.2) is 30.3 Å². The van der Waals surface area contributed by atoms with E-state index in [1.807, 2.05) is 0 Å². The van der Waals surface area contributed by atoms with Crippen molar-refractivity contribution in [3.63, 3.8) is 0 Å². The largest absolute Gasteiger partial charge is 0.481 e. The predicted octanol–water partition coefficient (Wildman–Crippen LogP) is -3.17. The topological polar surface area (TPSA) is 251 Å². The van der Waals surface area contributed by atoms with Crippen molar-refractivity contribution < 1.29 is 44.1 Å². The number of hydrogen-bond acceptors (Lipinski definition) is 8. The van der Waals surface area contributed by atoms with Gasteiger partial charge in [0.1, 0.15) is 24.2 Å². The fourth-order valence-corrected chi connectivity index (χ4v) is 2.90. The number of aliphatic carboxylic acids is 2. The highest BCUT2D eigenvalue weighted by Crippen LogP contribution is 2.06. The predicted molar refractivity (Wildman–Crippen MR) is 119 cm³/mol. The maximum absolute atomic E-state index is 12.8. The molecule has 0 aliphatic carbocycles. The number of aliphatic hydroxyl groups is 1. The Balaban J connectivity index is 3.02. The number of nitrogens with two attached hydrogens (primary N) is 2. The molecule has 0 saturated heterocycles. The molecule has 0 fully saturated rings. The smallest absolute Gasteiger partial charge is 0.326 e. The van der Waals surface area contributed by atoms with Gasteiger partial charge in [-0.15, -0.1) is 0 Å². The van der Waals surface area contributed by atoms with Crippen LogP contribution in [0.2, 0.25) is 0 Å². The van der Waals surface area contributed by atoms with Crippen molar-refractivity contribution >= 4 is 35.6 Å². The quantitative estimate of drug-likeness (QED) is 0.121. The molecule has 0 aliphatic heterocycles. The zero-order valence-electron chi connectivity index (χ0n) is 18.7. The molecule has 14 heteroatoms. The first-order chi connectivity index (χ1) is 16.4. The number of nitrogens with one attached hydrogen (secondary N) is 3. The Bertz CT molecular complexity index is 925. The maximum atomic E-state index is 12.8. The number of hydrogen-bond donors (Lipinski definition) is 8. The summed E-state index contributed by atoms with van der Waals surface area (Å²) in [7, 11) is 0. The molecule has 1 aromatic carbocycles. The highest BCUT2D eigenvalue weighted by Gasteiger charge is 2.31. The molecule has 1 rings (SSSR count). The lowest BCUT2D eigenvalue weighted by Crippen LogP contribution is -2.58. The van der Waals surface area contributed by atoms with Gasteiger partial charge in [0.25, 0.3) is 0 Å². The second-order valence-corrected chi connectivity index (χ2v) is 7.60. The Hall–Kier alpha value is -4.04. The summed E-state index contributed by atoms with van der Waals surface area (Å²) < 4.78 is 0. The van der Waals surface area contributed by atoms with Crippen LogP contribution in [0.5, 0.6) is 0 Å². The number of carboxylic acids is 2. The third kappa shape index (κ3) is 10.6. The van der Waals surface area contributed by atoms with Crippen molar-refractivity contribution in [2.45, 2.75) is 49.9 Å². The molecule has 14 nitrogen and oxygen atoms in total. The van der Waals surface area contributed by atoms with Gasteiger partial charge >= 0.3 is 11.9 Å². The van der Waals surface area contributed by atoms with Gasteiger partial charge in [0.05, 0.1) is 13.0 Å². The highest BCUT2D eigenvalue weighted by molar-refractivity contribution is 5.96. The van der Waals surface area contributed by atoms with Crippen LogP contribution in [0.1, 0.15) is 24.8 Å². The van der Waals surface area contributed by atoms with Crippen molar-refractivity contribution in [3.05, 3.63) is 35.9 Å². The molecule has 4 amide bonds. The van der Waals surface area contributed by atoms with Gasteiger partial charge in [0.15, 0.2) is 0 Å². The summed E-state index contributed by atoms with van der Waals surface area (Å²) in [6, 6.07) is 2.49. The van der Waals surface area contributed by atoms with Crippen molar-refractivity contribution in [3.8, 4) is 0 Å². The fourth-order valence-electron chi connectivity index (χ4n) is 2.90. The van der Waals surface area contributed by atoms with Crippen molar-refractivity contribution in [1.29, 1.82) is 0 Å². The molecule has 0 aromatic heterocycles. The molecule has 0 spiro atoms. The van der Waals surface area contributed by atoms with Crippen LogP contribution in [-0.4, -0.2) is 81.7 Å². The van der Waals surface area contributed by atoms with Crippen LogP contribution in [0, 0.1) is 0 Å². The molecule has 0 aliphatic rings. The molecular weight excluding hydrogens is 466 g/mol. The molecule has 1 aromatic rings. The van der Waals surface area contributed by atoms with E-state index in [1.54, 1.807) is 30.3 Å². The lowest BCUT2D eigenvalue weighted by atomic mass is 10.0. The zero-order chi connectivity index (χ0) is 26.5. The summed E-state index contributed by atoms with van der Waals surface area (Å²) in [5.74, 6) is -6.66. The van der Waals surface area contributed by atoms with Crippen LogP contribution in [0.25, 0.3) is 0 Å². The summed E-state index contributed by atoms with van der Waals surface area (Å²) in [6.45, 7) is -0.746. The third-order valence-electron chi connectivity index (χ3n) is 4.75. The molecule has 4 unspecified atom stereocenters. The maximum Gasteiger partial charge on any atom is 0.326 e. The minimum Gasteiger partial charge on any atom is -0.481 e. The van der Waals surface area contributed by atoms with E-state index < -0.39 is 85.6 Å². The van der Waals surface area contributed by atoms with E-state index in [4.69, 9.17) is 21.7 Å². The second-order valence-electron chi connectivity index (χ2n) is 7.60. The molecule has 0 radical (unpaired) electrons. The Morgan fingerprint density at radius 3 is 1.89 bits per heavy atom. The van der Waals surface area contributed by atoms with Crippen LogP contribution in [0.3, 0.4) is 0 Å². The first kappa shape index (κ1) is 29.0. The normalized spacial score (nSPS) is 14.0. The van der Waals surface area contributed by atoms with Gasteiger partial charge in [0.2, 0.25) is 23.6 Å². The highest BCUT2D eigenvalue weighted by atomic mass is 16.4. The molecule has 192 valence electrons. The summed E-state index contributed by atoms with van der Waals surface area (Å²) in [5.41, 5.74) is 11.2. The number of carbonyl (C=O) groups excluding carboxylic acids is 4. The number of rotatable bonds is 15. The van der Waals surface area contributed by atoms with Gasteiger partial charge in [-0.05, 0) is 12.0 Å². The third-order valence-corrected chi connectivity index (χ3v) is 4.75. The lowest BCUT2D eigenvalue weighted by molar-refractivity contribution is -0.142. The summed E-state index contributed by atoms with van der Waals surface area (Å²) in [6.07, 6.45) is -1.74. The SMILES string of the molecule is NC(=O)CC(NC(=O)C(CCC(=O)O)NC(=O)C(N)CO)C(=O)NC(Cc1ccccc1)C(=O)O. The Kier molecular flexibility index (Phi) is 11.8. The van der Waals surface area contributed by atoms with E-state index >= 15 is 0 Å². The minimum atomic E-state index is -1.62. The lowest BCUT2D eigenvalue weighted by Gasteiger charge is -2.24. The molecule has 10 N–H and O–H groups in total. The first-order valence-corrected chi connectivity index (χ1v) is 10.5.